The van der Waals surface area contributed by atoms with Crippen molar-refractivity contribution in [1.82, 2.24) is 10.3 Å². The van der Waals surface area contributed by atoms with Crippen molar-refractivity contribution in [3.8, 4) is 33.4 Å². The molecule has 54 heavy (non-hydrogen) atoms. The quantitative estimate of drug-likeness (QED) is 0.189. The molecule has 1 aliphatic rings. The van der Waals surface area contributed by atoms with E-state index in [0.29, 0.717) is 0 Å². The molecule has 0 bridgehead atoms. The van der Waals surface area contributed by atoms with Gasteiger partial charge in [0.25, 0.3) is 0 Å². The number of benzene rings is 8. The minimum absolute atomic E-state index is 0.273. The van der Waals surface area contributed by atoms with Crippen LogP contribution in [0.1, 0.15) is 22.9 Å². The molecule has 8 aromatic carbocycles. The summed E-state index contributed by atoms with van der Waals surface area (Å²) in [6.45, 7) is 0. The molecule has 10 rings (SSSR count). The first-order valence-corrected chi connectivity index (χ1v) is 18.4. The molecule has 0 saturated carbocycles. The summed E-state index contributed by atoms with van der Waals surface area (Å²) in [5.74, 6) is 0. The van der Waals surface area contributed by atoms with Gasteiger partial charge in [-0.25, -0.2) is 0 Å². The van der Waals surface area contributed by atoms with Crippen molar-refractivity contribution < 1.29 is 0 Å². The first kappa shape index (κ1) is 31.6. The van der Waals surface area contributed by atoms with Crippen LogP contribution in [-0.2, 0) is 0 Å². The van der Waals surface area contributed by atoms with Crippen LogP contribution < -0.4 is 5.32 Å². The summed E-state index contributed by atoms with van der Waals surface area (Å²) in [4.78, 5) is 9.90. The van der Waals surface area contributed by atoms with E-state index in [4.69, 9.17) is 4.99 Å². The molecule has 1 atom stereocenters. The molecule has 1 aliphatic heterocycles. The molecule has 0 radical (unpaired) electrons. The molecule has 1 N–H and O–H groups in total. The Morgan fingerprint density at radius 2 is 0.907 bits per heavy atom. The second-order valence-corrected chi connectivity index (χ2v) is 13.9. The molecule has 3 nitrogen and oxygen atoms in total. The van der Waals surface area contributed by atoms with Gasteiger partial charge in [0.15, 0.2) is 0 Å². The van der Waals surface area contributed by atoms with E-state index in [9.17, 15) is 0 Å². The molecule has 0 saturated heterocycles. The Hall–Kier alpha value is -7.10. The van der Waals surface area contributed by atoms with Gasteiger partial charge in [-0.1, -0.05) is 176 Å². The Balaban J connectivity index is 1.04. The summed E-state index contributed by atoms with van der Waals surface area (Å²) in [6, 6.07) is 65.0. The van der Waals surface area contributed by atoms with Gasteiger partial charge in [0.05, 0.1) is 5.71 Å². The fourth-order valence-corrected chi connectivity index (χ4v) is 7.84. The lowest BCUT2D eigenvalue weighted by atomic mass is 9.94. The van der Waals surface area contributed by atoms with Crippen LogP contribution in [0.15, 0.2) is 205 Å². The average molecular weight is 690 g/mol. The summed E-state index contributed by atoms with van der Waals surface area (Å²) in [5.41, 5.74) is 12.3. The zero-order valence-corrected chi connectivity index (χ0v) is 29.5. The normalized spacial score (nSPS) is 14.1. The van der Waals surface area contributed by atoms with Crippen LogP contribution in [0.2, 0.25) is 0 Å². The highest BCUT2D eigenvalue weighted by atomic mass is 15.1. The predicted molar refractivity (Wildman–Crippen MR) is 226 cm³/mol. The summed E-state index contributed by atoms with van der Waals surface area (Å²) in [5, 5.41) is 11.1. The van der Waals surface area contributed by atoms with Crippen molar-refractivity contribution in [3.05, 3.63) is 217 Å². The van der Waals surface area contributed by atoms with Crippen molar-refractivity contribution >= 4 is 43.7 Å². The Kier molecular flexibility index (Phi) is 7.88. The van der Waals surface area contributed by atoms with Crippen molar-refractivity contribution in [2.45, 2.75) is 6.17 Å². The second kappa shape index (κ2) is 13.5. The number of fused-ring (bicyclic) bond motifs is 3. The summed E-state index contributed by atoms with van der Waals surface area (Å²) >= 11 is 0. The fraction of sp³-hybridized carbons (Fsp3) is 0.0196. The summed E-state index contributed by atoms with van der Waals surface area (Å²) in [6.07, 6.45) is 5.80. The van der Waals surface area contributed by atoms with Gasteiger partial charge in [-0.05, 0) is 78.0 Å². The third kappa shape index (κ3) is 5.82. The van der Waals surface area contributed by atoms with Crippen LogP contribution in [0, 0.1) is 0 Å². The van der Waals surface area contributed by atoms with Gasteiger partial charge >= 0.3 is 0 Å². The molecule has 0 fully saturated rings. The van der Waals surface area contributed by atoms with E-state index in [-0.39, 0.29) is 6.17 Å². The van der Waals surface area contributed by atoms with E-state index in [1.807, 2.05) is 12.4 Å². The van der Waals surface area contributed by atoms with Crippen LogP contribution in [0.4, 0.5) is 0 Å². The second-order valence-electron chi connectivity index (χ2n) is 13.9. The van der Waals surface area contributed by atoms with E-state index in [0.717, 1.165) is 44.6 Å². The van der Waals surface area contributed by atoms with Gasteiger partial charge in [0, 0.05) is 34.6 Å². The minimum Gasteiger partial charge on any atom is -0.360 e. The van der Waals surface area contributed by atoms with Gasteiger partial charge < -0.3 is 5.32 Å². The molecule has 2 heterocycles. The monoisotopic (exact) mass is 689 g/mol. The molecule has 1 aromatic heterocycles. The van der Waals surface area contributed by atoms with Gasteiger partial charge in [0.2, 0.25) is 0 Å². The van der Waals surface area contributed by atoms with Crippen molar-refractivity contribution in [2.75, 3.05) is 0 Å². The topological polar surface area (TPSA) is 37.3 Å². The lowest BCUT2D eigenvalue weighted by Gasteiger charge is -2.25. The summed E-state index contributed by atoms with van der Waals surface area (Å²) in [7, 11) is 0. The number of aliphatic imine (C=N–C) groups is 1. The van der Waals surface area contributed by atoms with Gasteiger partial charge in [0.1, 0.15) is 6.17 Å². The Labute approximate surface area is 314 Å². The summed E-state index contributed by atoms with van der Waals surface area (Å²) < 4.78 is 0. The van der Waals surface area contributed by atoms with Crippen molar-refractivity contribution in [3.63, 3.8) is 0 Å². The zero-order chi connectivity index (χ0) is 35.8. The van der Waals surface area contributed by atoms with E-state index in [1.165, 1.54) is 49.2 Å². The maximum absolute atomic E-state index is 5.37. The first-order chi connectivity index (χ1) is 26.7. The minimum atomic E-state index is -0.273. The lowest BCUT2D eigenvalue weighted by Crippen LogP contribution is -2.24. The van der Waals surface area contributed by atoms with Crippen molar-refractivity contribution in [2.24, 2.45) is 4.99 Å². The highest BCUT2D eigenvalue weighted by Gasteiger charge is 2.21. The molecule has 0 amide bonds. The molecular formula is C51H35N3. The van der Waals surface area contributed by atoms with Gasteiger partial charge in [-0.2, -0.15) is 0 Å². The third-order valence-electron chi connectivity index (χ3n) is 10.6. The van der Waals surface area contributed by atoms with E-state index in [1.54, 1.807) is 0 Å². The highest BCUT2D eigenvalue weighted by Crippen LogP contribution is 2.35. The molecule has 254 valence electrons. The Morgan fingerprint density at radius 3 is 1.61 bits per heavy atom. The van der Waals surface area contributed by atoms with Crippen LogP contribution in [0.25, 0.3) is 71.4 Å². The van der Waals surface area contributed by atoms with Crippen LogP contribution in [0.5, 0.6) is 0 Å². The number of allylic oxidation sites excluding steroid dienone is 1. The first-order valence-electron chi connectivity index (χ1n) is 18.4. The molecule has 1 unspecified atom stereocenters. The molecule has 0 aliphatic carbocycles. The highest BCUT2D eigenvalue weighted by molar-refractivity contribution is 6.14. The largest absolute Gasteiger partial charge is 0.360 e. The number of rotatable bonds is 6. The Morgan fingerprint density at radius 1 is 0.389 bits per heavy atom. The van der Waals surface area contributed by atoms with E-state index >= 15 is 0 Å². The Bertz CT molecular complexity index is 2890. The number of hydrogen-bond acceptors (Lipinski definition) is 3. The maximum Gasteiger partial charge on any atom is 0.145 e. The molecular weight excluding hydrogens is 655 g/mol. The van der Waals surface area contributed by atoms with Crippen LogP contribution >= 0.6 is 0 Å². The maximum atomic E-state index is 5.37. The van der Waals surface area contributed by atoms with Crippen LogP contribution in [-0.4, -0.2) is 10.7 Å². The number of nitrogens with zero attached hydrogens (tertiary/aromatic N) is 2. The van der Waals surface area contributed by atoms with Gasteiger partial charge in [-0.3, -0.25) is 9.98 Å². The fourth-order valence-electron chi connectivity index (χ4n) is 7.84. The molecule has 9 aromatic rings. The smallest absolute Gasteiger partial charge is 0.145 e. The van der Waals surface area contributed by atoms with E-state index < -0.39 is 0 Å². The van der Waals surface area contributed by atoms with Crippen molar-refractivity contribution in [1.29, 1.82) is 0 Å². The lowest BCUT2D eigenvalue weighted by molar-refractivity contribution is 0.664. The molecule has 3 heteroatoms. The molecule has 0 spiro atoms. The number of pyridine rings is 1. The van der Waals surface area contributed by atoms with E-state index in [2.05, 4.69) is 198 Å². The predicted octanol–water partition coefficient (Wildman–Crippen LogP) is 12.7. The third-order valence-corrected chi connectivity index (χ3v) is 10.6. The zero-order valence-electron chi connectivity index (χ0n) is 29.5. The van der Waals surface area contributed by atoms with Crippen LogP contribution in [0.3, 0.4) is 0 Å². The van der Waals surface area contributed by atoms with Gasteiger partial charge in [-0.15, -0.1) is 0 Å². The number of aromatic nitrogens is 1. The average Bonchev–Trinajstić information content (AvgIpc) is 3.26. The number of nitrogens with one attached hydrogen (secondary N) is 1. The number of hydrogen-bond donors (Lipinski definition) is 1. The standard InChI is InChI=1S/C51H35N3/c1-4-17-43-34(10-1)13-8-20-45(43)36-24-28-39(29-25-36)51-53-49(38-26-22-37(23-27-38)48-33-52-32-42-12-3-6-19-47(42)48)31-50(54-51)41-16-7-15-40(30-41)46-21-9-14-35-11-2-5-18-44(35)46/h1-33,51,53H. The SMILES string of the molecule is C1=C(c2ccc(-c3cncc4ccccc34)cc2)NC(c2ccc(-c3cccc4ccccc34)cc2)N=C1c1cccc(-c2cccc3ccccc23)c1.